The largest absolute Gasteiger partial charge is 0.464 e. The molecule has 5 nitrogen and oxygen atoms in total. The van der Waals surface area contributed by atoms with Gasteiger partial charge in [-0.25, -0.2) is 4.79 Å². The lowest BCUT2D eigenvalue weighted by atomic mass is 10.0. The van der Waals surface area contributed by atoms with Crippen LogP contribution >= 0.6 is 0 Å². The number of carbonyl (C=O) groups excluding carboxylic acids is 2. The number of ether oxygens (including phenoxy) is 1. The first kappa shape index (κ1) is 24.0. The lowest BCUT2D eigenvalue weighted by molar-refractivity contribution is -0.147. The fraction of sp³-hybridized carbons (Fsp3) is 0.600. The third-order valence-electron chi connectivity index (χ3n) is 5.51. The van der Waals surface area contributed by atoms with Crippen LogP contribution in [0.3, 0.4) is 0 Å². The Morgan fingerprint density at radius 3 is 2.33 bits per heavy atom. The van der Waals surface area contributed by atoms with Gasteiger partial charge >= 0.3 is 5.97 Å². The van der Waals surface area contributed by atoms with Crippen molar-refractivity contribution in [3.05, 3.63) is 36.0 Å². The summed E-state index contributed by atoms with van der Waals surface area (Å²) in [5, 5.41) is 3.97. The second-order valence-electron chi connectivity index (χ2n) is 8.01. The summed E-state index contributed by atoms with van der Waals surface area (Å²) in [4.78, 5) is 28.1. The van der Waals surface area contributed by atoms with E-state index in [0.717, 1.165) is 29.3 Å². The van der Waals surface area contributed by atoms with E-state index in [0.29, 0.717) is 19.4 Å². The van der Waals surface area contributed by atoms with Crippen LogP contribution in [0.25, 0.3) is 10.9 Å². The zero-order valence-electron chi connectivity index (χ0n) is 18.7. The molecule has 0 aliphatic carbocycles. The van der Waals surface area contributed by atoms with Crippen molar-refractivity contribution < 1.29 is 14.3 Å². The van der Waals surface area contributed by atoms with Gasteiger partial charge in [0, 0.05) is 29.9 Å². The molecule has 0 radical (unpaired) electrons. The first-order valence-electron chi connectivity index (χ1n) is 11.7. The number of aromatic nitrogens is 1. The average molecular weight is 415 g/mol. The Labute approximate surface area is 181 Å². The van der Waals surface area contributed by atoms with Crippen molar-refractivity contribution >= 4 is 22.8 Å². The standard InChI is InChI=1S/C25H38N2O3/c1-3-5-6-7-8-9-10-11-12-17-24(28)27-23(25(29)30-4-2)18-20-19-26-22-16-14-13-15-21(20)22/h13-16,19,23,26H,3-12,17-18H2,1-2H3,(H,27,28)/t23-/m0/s1. The Bertz CT molecular complexity index is 769. The number of fused-ring (bicyclic) bond motifs is 1. The van der Waals surface area contributed by atoms with E-state index in [1.807, 2.05) is 30.5 Å². The molecule has 0 bridgehead atoms. The van der Waals surface area contributed by atoms with E-state index in [9.17, 15) is 9.59 Å². The van der Waals surface area contributed by atoms with E-state index in [2.05, 4.69) is 17.2 Å². The number of aromatic amines is 1. The minimum Gasteiger partial charge on any atom is -0.464 e. The summed E-state index contributed by atoms with van der Waals surface area (Å²) in [7, 11) is 0. The Kier molecular flexibility index (Phi) is 11.1. The van der Waals surface area contributed by atoms with Gasteiger partial charge in [0.15, 0.2) is 0 Å². The summed E-state index contributed by atoms with van der Waals surface area (Å²) in [6, 6.07) is 7.31. The summed E-state index contributed by atoms with van der Waals surface area (Å²) in [6.45, 7) is 4.32. The number of unbranched alkanes of at least 4 members (excludes halogenated alkanes) is 8. The highest BCUT2D eigenvalue weighted by Crippen LogP contribution is 2.19. The molecule has 1 aromatic carbocycles. The molecule has 0 aliphatic heterocycles. The van der Waals surface area contributed by atoms with E-state index in [-0.39, 0.29) is 11.9 Å². The van der Waals surface area contributed by atoms with Gasteiger partial charge in [-0.2, -0.15) is 0 Å². The van der Waals surface area contributed by atoms with Gasteiger partial charge < -0.3 is 15.0 Å². The fourth-order valence-corrected chi connectivity index (χ4v) is 3.82. The number of rotatable bonds is 15. The number of hydrogen-bond donors (Lipinski definition) is 2. The quantitative estimate of drug-likeness (QED) is 0.291. The highest BCUT2D eigenvalue weighted by atomic mass is 16.5. The molecule has 0 aliphatic rings. The van der Waals surface area contributed by atoms with Crippen LogP contribution in [-0.4, -0.2) is 29.5 Å². The predicted molar refractivity (Wildman–Crippen MR) is 122 cm³/mol. The van der Waals surface area contributed by atoms with Crippen molar-refractivity contribution in [1.82, 2.24) is 10.3 Å². The average Bonchev–Trinajstić information content (AvgIpc) is 3.15. The molecule has 1 aromatic heterocycles. The molecule has 1 heterocycles. The number of H-pyrrole nitrogens is 1. The Morgan fingerprint density at radius 2 is 1.63 bits per heavy atom. The second-order valence-corrected chi connectivity index (χ2v) is 8.01. The van der Waals surface area contributed by atoms with Crippen LogP contribution in [0.5, 0.6) is 0 Å². The first-order chi connectivity index (χ1) is 14.7. The smallest absolute Gasteiger partial charge is 0.328 e. The highest BCUT2D eigenvalue weighted by Gasteiger charge is 2.23. The minimum absolute atomic E-state index is 0.0733. The molecule has 166 valence electrons. The van der Waals surface area contributed by atoms with Gasteiger partial charge in [-0.3, -0.25) is 4.79 Å². The second kappa shape index (κ2) is 13.8. The maximum atomic E-state index is 12.4. The van der Waals surface area contributed by atoms with Crippen molar-refractivity contribution in [3.63, 3.8) is 0 Å². The van der Waals surface area contributed by atoms with Gasteiger partial charge in [-0.15, -0.1) is 0 Å². The molecule has 1 atom stereocenters. The number of benzene rings is 1. The van der Waals surface area contributed by atoms with Gasteiger partial charge in [-0.05, 0) is 25.0 Å². The molecule has 0 unspecified atom stereocenters. The summed E-state index contributed by atoms with van der Waals surface area (Å²) in [6.07, 6.45) is 13.7. The van der Waals surface area contributed by atoms with Gasteiger partial charge in [-0.1, -0.05) is 76.5 Å². The summed E-state index contributed by atoms with van der Waals surface area (Å²) in [5.74, 6) is -0.445. The number of hydrogen-bond acceptors (Lipinski definition) is 3. The maximum Gasteiger partial charge on any atom is 0.328 e. The van der Waals surface area contributed by atoms with Crippen LogP contribution in [0.2, 0.25) is 0 Å². The molecule has 30 heavy (non-hydrogen) atoms. The van der Waals surface area contributed by atoms with Crippen LogP contribution in [-0.2, 0) is 20.7 Å². The van der Waals surface area contributed by atoms with E-state index in [1.165, 1.54) is 44.9 Å². The SMILES string of the molecule is CCCCCCCCCCCC(=O)N[C@@H](Cc1c[nH]c2ccccc12)C(=O)OCC. The predicted octanol–water partition coefficient (Wildman–Crippen LogP) is 5.68. The third kappa shape index (κ3) is 8.21. The van der Waals surface area contributed by atoms with E-state index in [1.54, 1.807) is 6.92 Å². The van der Waals surface area contributed by atoms with Crippen molar-refractivity contribution in [1.29, 1.82) is 0 Å². The highest BCUT2D eigenvalue weighted by molar-refractivity contribution is 5.87. The number of amides is 1. The molecule has 0 spiro atoms. The zero-order valence-corrected chi connectivity index (χ0v) is 18.7. The molecule has 0 saturated carbocycles. The van der Waals surface area contributed by atoms with E-state index >= 15 is 0 Å². The van der Waals surface area contributed by atoms with Crippen LogP contribution in [0.1, 0.15) is 83.6 Å². The number of esters is 1. The molecule has 2 N–H and O–H groups in total. The molecule has 0 saturated heterocycles. The van der Waals surface area contributed by atoms with Crippen molar-refractivity contribution in [2.75, 3.05) is 6.61 Å². The Morgan fingerprint density at radius 1 is 0.967 bits per heavy atom. The molecular weight excluding hydrogens is 376 g/mol. The third-order valence-corrected chi connectivity index (χ3v) is 5.51. The van der Waals surface area contributed by atoms with Gasteiger partial charge in [0.05, 0.1) is 6.61 Å². The van der Waals surface area contributed by atoms with Gasteiger partial charge in [0.1, 0.15) is 6.04 Å². The molecular formula is C25H38N2O3. The topological polar surface area (TPSA) is 71.2 Å². The lowest BCUT2D eigenvalue weighted by Gasteiger charge is -2.17. The van der Waals surface area contributed by atoms with Crippen LogP contribution < -0.4 is 5.32 Å². The molecule has 2 aromatic rings. The summed E-state index contributed by atoms with van der Waals surface area (Å²) in [5.41, 5.74) is 2.03. The van der Waals surface area contributed by atoms with Gasteiger partial charge in [0.2, 0.25) is 5.91 Å². The zero-order chi connectivity index (χ0) is 21.6. The maximum absolute atomic E-state index is 12.4. The Balaban J connectivity index is 1.77. The van der Waals surface area contributed by atoms with E-state index in [4.69, 9.17) is 4.74 Å². The number of para-hydroxylation sites is 1. The number of carbonyl (C=O) groups is 2. The summed E-state index contributed by atoms with van der Waals surface area (Å²) >= 11 is 0. The molecule has 1 amide bonds. The Hall–Kier alpha value is -2.30. The van der Waals surface area contributed by atoms with Crippen LogP contribution in [0.15, 0.2) is 30.5 Å². The van der Waals surface area contributed by atoms with Crippen LogP contribution in [0.4, 0.5) is 0 Å². The van der Waals surface area contributed by atoms with Gasteiger partial charge in [0.25, 0.3) is 0 Å². The monoisotopic (exact) mass is 414 g/mol. The normalized spacial score (nSPS) is 12.1. The number of nitrogens with one attached hydrogen (secondary N) is 2. The van der Waals surface area contributed by atoms with Crippen LogP contribution in [0, 0.1) is 0 Å². The fourth-order valence-electron chi connectivity index (χ4n) is 3.82. The van der Waals surface area contributed by atoms with E-state index < -0.39 is 6.04 Å². The summed E-state index contributed by atoms with van der Waals surface area (Å²) < 4.78 is 5.20. The van der Waals surface area contributed by atoms with Crippen molar-refractivity contribution in [2.45, 2.75) is 90.5 Å². The van der Waals surface area contributed by atoms with Crippen molar-refractivity contribution in [3.8, 4) is 0 Å². The minimum atomic E-state index is -0.657. The first-order valence-corrected chi connectivity index (χ1v) is 11.7. The molecule has 2 rings (SSSR count). The lowest BCUT2D eigenvalue weighted by Crippen LogP contribution is -2.43. The molecule has 0 fully saturated rings. The van der Waals surface area contributed by atoms with Crippen molar-refractivity contribution in [2.24, 2.45) is 0 Å². The molecule has 5 heteroatoms.